The summed E-state index contributed by atoms with van der Waals surface area (Å²) in [5.74, 6) is 0.992. The first-order chi connectivity index (χ1) is 13.6. The Morgan fingerprint density at radius 3 is 2.36 bits per heavy atom. The smallest absolute Gasteiger partial charge is 0.269 e. The molecule has 138 valence electrons. The Morgan fingerprint density at radius 1 is 0.964 bits per heavy atom. The maximum Gasteiger partial charge on any atom is 0.269 e. The van der Waals surface area contributed by atoms with Gasteiger partial charge in [-0.2, -0.15) is 0 Å². The fraction of sp³-hybridized carbons (Fsp3) is 0. The van der Waals surface area contributed by atoms with Gasteiger partial charge in [0.2, 0.25) is 5.95 Å². The van der Waals surface area contributed by atoms with Crippen LogP contribution in [0.5, 0.6) is 0 Å². The van der Waals surface area contributed by atoms with Gasteiger partial charge in [0.25, 0.3) is 5.69 Å². The number of halogens is 1. The lowest BCUT2D eigenvalue weighted by Gasteiger charge is -2.11. The maximum atomic E-state index is 11.0. The van der Waals surface area contributed by atoms with Gasteiger partial charge in [0.05, 0.1) is 10.6 Å². The normalized spacial score (nSPS) is 10.6. The third-order valence-corrected chi connectivity index (χ3v) is 4.50. The van der Waals surface area contributed by atoms with Crippen LogP contribution < -0.4 is 5.32 Å². The minimum Gasteiger partial charge on any atom is -0.324 e. The summed E-state index contributed by atoms with van der Waals surface area (Å²) in [6, 6.07) is 19.3. The Hall–Kier alpha value is -3.59. The summed E-state index contributed by atoms with van der Waals surface area (Å²) in [7, 11) is 0. The highest BCUT2D eigenvalue weighted by Gasteiger charge is 2.17. The zero-order valence-electron chi connectivity index (χ0n) is 14.4. The van der Waals surface area contributed by atoms with Crippen LogP contribution in [0.4, 0.5) is 17.3 Å². The largest absolute Gasteiger partial charge is 0.324 e. The van der Waals surface area contributed by atoms with Crippen LogP contribution in [0.1, 0.15) is 0 Å². The number of nitro benzene ring substituents is 1. The molecule has 8 nitrogen and oxygen atoms in total. The number of rotatable bonds is 5. The predicted molar refractivity (Wildman–Crippen MR) is 109 cm³/mol. The Labute approximate surface area is 168 Å². The lowest BCUT2D eigenvalue weighted by molar-refractivity contribution is -0.384. The van der Waals surface area contributed by atoms with Crippen LogP contribution in [0.2, 0.25) is 0 Å². The first-order valence-corrected chi connectivity index (χ1v) is 9.05. The third kappa shape index (κ3) is 3.60. The van der Waals surface area contributed by atoms with Crippen molar-refractivity contribution in [2.24, 2.45) is 0 Å². The molecule has 2 heterocycles. The molecule has 28 heavy (non-hydrogen) atoms. The number of benzene rings is 2. The topological polar surface area (TPSA) is 98.8 Å². The summed E-state index contributed by atoms with van der Waals surface area (Å²) in [6.45, 7) is 0. The van der Waals surface area contributed by atoms with Crippen molar-refractivity contribution in [3.05, 3.63) is 87.5 Å². The number of nitrogens with one attached hydrogen (secondary N) is 1. The molecule has 0 saturated heterocycles. The molecule has 0 fully saturated rings. The van der Waals surface area contributed by atoms with E-state index in [1.165, 1.54) is 12.1 Å². The summed E-state index contributed by atoms with van der Waals surface area (Å²) < 4.78 is 2.73. The second-order valence-corrected chi connectivity index (χ2v) is 6.72. The number of anilines is 2. The molecule has 4 rings (SSSR count). The van der Waals surface area contributed by atoms with Gasteiger partial charge in [-0.25, -0.2) is 0 Å². The number of hydrogen-bond acceptors (Lipinski definition) is 6. The molecule has 0 aliphatic heterocycles. The van der Waals surface area contributed by atoms with E-state index in [-0.39, 0.29) is 5.69 Å². The van der Waals surface area contributed by atoms with Gasteiger partial charge in [-0.3, -0.25) is 19.7 Å². The van der Waals surface area contributed by atoms with E-state index in [1.54, 1.807) is 22.9 Å². The van der Waals surface area contributed by atoms with E-state index in [4.69, 9.17) is 0 Å². The van der Waals surface area contributed by atoms with Gasteiger partial charge in [0.1, 0.15) is 5.69 Å². The molecular formula is C19H13BrN6O2. The molecule has 2 aromatic carbocycles. The molecule has 1 N–H and O–H groups in total. The van der Waals surface area contributed by atoms with E-state index in [9.17, 15) is 10.1 Å². The first-order valence-electron chi connectivity index (χ1n) is 8.26. The van der Waals surface area contributed by atoms with E-state index < -0.39 is 4.92 Å². The molecule has 9 heteroatoms. The quantitative estimate of drug-likeness (QED) is 0.358. The second kappa shape index (κ2) is 7.57. The highest BCUT2D eigenvalue weighted by molar-refractivity contribution is 9.10. The molecule has 2 aromatic heterocycles. The Bertz CT molecular complexity index is 1110. The van der Waals surface area contributed by atoms with Crippen LogP contribution in [0.15, 0.2) is 77.4 Å². The molecule has 0 unspecified atom stereocenters. The van der Waals surface area contributed by atoms with Crippen molar-refractivity contribution in [1.82, 2.24) is 19.7 Å². The number of non-ortho nitro benzene ring substituents is 1. The van der Waals surface area contributed by atoms with Gasteiger partial charge in [-0.15, -0.1) is 10.2 Å². The van der Waals surface area contributed by atoms with Crippen LogP contribution in [-0.2, 0) is 0 Å². The molecule has 0 radical (unpaired) electrons. The maximum absolute atomic E-state index is 11.0. The molecular weight excluding hydrogens is 424 g/mol. The highest BCUT2D eigenvalue weighted by Crippen LogP contribution is 2.27. The predicted octanol–water partition coefficient (Wildman–Crippen LogP) is 4.74. The fourth-order valence-corrected chi connectivity index (χ4v) is 2.92. The number of hydrogen-bond donors (Lipinski definition) is 1. The standard InChI is InChI=1S/C19H13BrN6O2/c20-13-4-6-14(7-5-13)22-19-24-23-18(17-3-1-2-12-21-17)25(19)15-8-10-16(11-9-15)26(27)28/h1-12H,(H,22,24). The van der Waals surface area contributed by atoms with Gasteiger partial charge in [0, 0.05) is 28.5 Å². The van der Waals surface area contributed by atoms with E-state index >= 15 is 0 Å². The Morgan fingerprint density at radius 2 is 1.71 bits per heavy atom. The van der Waals surface area contributed by atoms with Crippen molar-refractivity contribution in [3.63, 3.8) is 0 Å². The van der Waals surface area contributed by atoms with E-state index in [0.29, 0.717) is 23.2 Å². The van der Waals surface area contributed by atoms with Crippen molar-refractivity contribution in [1.29, 1.82) is 0 Å². The summed E-state index contributed by atoms with van der Waals surface area (Å²) in [6.07, 6.45) is 1.67. The lowest BCUT2D eigenvalue weighted by atomic mass is 10.2. The second-order valence-electron chi connectivity index (χ2n) is 5.80. The van der Waals surface area contributed by atoms with E-state index in [1.807, 2.05) is 42.5 Å². The summed E-state index contributed by atoms with van der Waals surface area (Å²) >= 11 is 3.41. The molecule has 4 aromatic rings. The molecule has 0 spiro atoms. The number of nitrogens with zero attached hydrogens (tertiary/aromatic N) is 5. The molecule has 0 amide bonds. The third-order valence-electron chi connectivity index (χ3n) is 3.98. The minimum absolute atomic E-state index is 0.0126. The van der Waals surface area contributed by atoms with Crippen LogP contribution in [0.3, 0.4) is 0 Å². The van der Waals surface area contributed by atoms with Gasteiger partial charge < -0.3 is 5.32 Å². The average molecular weight is 437 g/mol. The number of nitro groups is 1. The monoisotopic (exact) mass is 436 g/mol. The van der Waals surface area contributed by atoms with Gasteiger partial charge in [-0.1, -0.05) is 22.0 Å². The Balaban J connectivity index is 1.81. The van der Waals surface area contributed by atoms with Crippen molar-refractivity contribution < 1.29 is 4.92 Å². The van der Waals surface area contributed by atoms with Crippen LogP contribution in [0, 0.1) is 10.1 Å². The zero-order valence-corrected chi connectivity index (χ0v) is 15.9. The molecule has 0 saturated carbocycles. The van der Waals surface area contributed by atoms with Crippen molar-refractivity contribution in [2.75, 3.05) is 5.32 Å². The molecule has 0 aliphatic rings. The van der Waals surface area contributed by atoms with Crippen molar-refractivity contribution in [3.8, 4) is 17.2 Å². The van der Waals surface area contributed by atoms with Crippen LogP contribution >= 0.6 is 15.9 Å². The van der Waals surface area contributed by atoms with Gasteiger partial charge in [0.15, 0.2) is 5.82 Å². The van der Waals surface area contributed by atoms with Crippen LogP contribution in [-0.4, -0.2) is 24.7 Å². The van der Waals surface area contributed by atoms with Gasteiger partial charge >= 0.3 is 0 Å². The average Bonchev–Trinajstić information content (AvgIpc) is 3.14. The van der Waals surface area contributed by atoms with E-state index in [0.717, 1.165) is 10.2 Å². The molecule has 0 aliphatic carbocycles. The summed E-state index contributed by atoms with van der Waals surface area (Å²) in [4.78, 5) is 14.9. The van der Waals surface area contributed by atoms with E-state index in [2.05, 4.69) is 36.4 Å². The number of pyridine rings is 1. The first kappa shape index (κ1) is 17.8. The number of aromatic nitrogens is 4. The summed E-state index contributed by atoms with van der Waals surface area (Å²) in [5, 5.41) is 22.7. The van der Waals surface area contributed by atoms with Crippen LogP contribution in [0.25, 0.3) is 17.2 Å². The lowest BCUT2D eigenvalue weighted by Crippen LogP contribution is -2.04. The Kier molecular flexibility index (Phi) is 4.81. The fourth-order valence-electron chi connectivity index (χ4n) is 2.66. The van der Waals surface area contributed by atoms with Crippen molar-refractivity contribution >= 4 is 33.3 Å². The van der Waals surface area contributed by atoms with Gasteiger partial charge in [-0.05, 0) is 48.5 Å². The highest BCUT2D eigenvalue weighted by atomic mass is 79.9. The molecule has 0 atom stereocenters. The SMILES string of the molecule is O=[N+]([O-])c1ccc(-n2c(Nc3ccc(Br)cc3)nnc2-c2ccccn2)cc1. The zero-order chi connectivity index (χ0) is 19.5. The molecule has 0 bridgehead atoms. The summed E-state index contributed by atoms with van der Waals surface area (Å²) in [5.41, 5.74) is 2.15. The van der Waals surface area contributed by atoms with Crippen molar-refractivity contribution in [2.45, 2.75) is 0 Å². The minimum atomic E-state index is -0.434.